The molecule has 0 saturated carbocycles. The highest BCUT2D eigenvalue weighted by molar-refractivity contribution is 5.95. The van der Waals surface area contributed by atoms with Gasteiger partial charge in [0.05, 0.1) is 24.0 Å². The maximum absolute atomic E-state index is 12.6. The molecule has 5 heteroatoms. The van der Waals surface area contributed by atoms with Crippen LogP contribution in [0.15, 0.2) is 47.4 Å². The number of allylic oxidation sites excluding steroid dienone is 3. The average molecular weight is 313 g/mol. The van der Waals surface area contributed by atoms with E-state index in [1.165, 1.54) is 0 Å². The predicted octanol–water partition coefficient (Wildman–Crippen LogP) is 1.89. The Hall–Kier alpha value is -2.43. The lowest BCUT2D eigenvalue weighted by Gasteiger charge is -2.35. The molecule has 2 heterocycles. The summed E-state index contributed by atoms with van der Waals surface area (Å²) in [4.78, 5) is 28.3. The van der Waals surface area contributed by atoms with Crippen LogP contribution in [0.3, 0.4) is 0 Å². The average Bonchev–Trinajstić information content (AvgIpc) is 2.54. The largest absolute Gasteiger partial charge is 0.463 e. The number of pyridine rings is 1. The Bertz CT molecular complexity index is 691. The van der Waals surface area contributed by atoms with E-state index in [4.69, 9.17) is 4.74 Å². The minimum atomic E-state index is -0.364. The number of carbonyl (C=O) groups is 2. The van der Waals surface area contributed by atoms with Gasteiger partial charge in [0, 0.05) is 29.9 Å². The summed E-state index contributed by atoms with van der Waals surface area (Å²) < 4.78 is 5.24. The number of Topliss-reactive ketones (excluding diaryl/α,β-unsaturated/α-hetero) is 1. The number of rotatable bonds is 3. The van der Waals surface area contributed by atoms with Gasteiger partial charge < -0.3 is 10.1 Å². The number of fused-ring (bicyclic) bond motifs is 1. The number of carbonyl (C=O) groups excluding carboxylic acids is 2. The molecule has 0 spiro atoms. The third-order valence-corrected chi connectivity index (χ3v) is 4.38. The van der Waals surface area contributed by atoms with Crippen LogP contribution in [0.1, 0.15) is 38.3 Å². The van der Waals surface area contributed by atoms with Crippen molar-refractivity contribution in [1.82, 2.24) is 5.32 Å². The molecule has 2 unspecified atom stereocenters. The van der Waals surface area contributed by atoms with Crippen molar-refractivity contribution < 1.29 is 19.3 Å². The SMILES string of the molecule is CCOC(=O)C1=C(C)NC2=CCCC(=O)C2C1c1cccc[nH+]1. The topological polar surface area (TPSA) is 69.5 Å². The number of aromatic amines is 1. The summed E-state index contributed by atoms with van der Waals surface area (Å²) in [7, 11) is 0. The highest BCUT2D eigenvalue weighted by Gasteiger charge is 2.45. The molecule has 1 aromatic rings. The Labute approximate surface area is 135 Å². The minimum absolute atomic E-state index is 0.159. The highest BCUT2D eigenvalue weighted by atomic mass is 16.5. The van der Waals surface area contributed by atoms with Crippen LogP contribution < -0.4 is 10.3 Å². The maximum atomic E-state index is 12.6. The number of H-pyrrole nitrogens is 1. The fraction of sp³-hybridized carbons (Fsp3) is 0.389. The first-order valence-corrected chi connectivity index (χ1v) is 7.97. The molecule has 0 aromatic carbocycles. The molecular weight excluding hydrogens is 292 g/mol. The van der Waals surface area contributed by atoms with E-state index in [2.05, 4.69) is 16.4 Å². The molecule has 2 atom stereocenters. The minimum Gasteiger partial charge on any atom is -0.463 e. The number of esters is 1. The summed E-state index contributed by atoms with van der Waals surface area (Å²) in [5.74, 6) is -0.898. The molecule has 0 amide bonds. The number of hydrogen-bond donors (Lipinski definition) is 1. The molecule has 1 aromatic heterocycles. The van der Waals surface area contributed by atoms with Gasteiger partial charge >= 0.3 is 5.97 Å². The molecule has 2 aliphatic rings. The van der Waals surface area contributed by atoms with Crippen molar-refractivity contribution in [3.05, 3.63) is 53.1 Å². The molecule has 2 N–H and O–H groups in total. The third kappa shape index (κ3) is 2.79. The lowest BCUT2D eigenvalue weighted by molar-refractivity contribution is -0.392. The molecule has 1 aliphatic heterocycles. The predicted molar refractivity (Wildman–Crippen MR) is 84.0 cm³/mol. The van der Waals surface area contributed by atoms with E-state index in [-0.39, 0.29) is 23.6 Å². The molecule has 0 saturated heterocycles. The molecule has 0 fully saturated rings. The summed E-state index contributed by atoms with van der Waals surface area (Å²) in [6, 6.07) is 5.70. The van der Waals surface area contributed by atoms with Gasteiger partial charge in [0.15, 0.2) is 11.9 Å². The van der Waals surface area contributed by atoms with Crippen molar-refractivity contribution in [2.24, 2.45) is 5.92 Å². The molecule has 5 nitrogen and oxygen atoms in total. The van der Waals surface area contributed by atoms with Gasteiger partial charge in [0.2, 0.25) is 0 Å². The van der Waals surface area contributed by atoms with E-state index in [9.17, 15) is 9.59 Å². The molecule has 120 valence electrons. The van der Waals surface area contributed by atoms with E-state index in [0.29, 0.717) is 18.6 Å². The van der Waals surface area contributed by atoms with Crippen LogP contribution in [0, 0.1) is 5.92 Å². The van der Waals surface area contributed by atoms with E-state index in [0.717, 1.165) is 23.5 Å². The zero-order chi connectivity index (χ0) is 16.4. The van der Waals surface area contributed by atoms with Crippen LogP contribution in [0.5, 0.6) is 0 Å². The summed E-state index contributed by atoms with van der Waals surface area (Å²) >= 11 is 0. The van der Waals surface area contributed by atoms with Gasteiger partial charge in [-0.15, -0.1) is 0 Å². The van der Waals surface area contributed by atoms with Gasteiger partial charge in [-0.2, -0.15) is 0 Å². The Morgan fingerprint density at radius 2 is 2.22 bits per heavy atom. The fourth-order valence-electron chi connectivity index (χ4n) is 3.43. The maximum Gasteiger partial charge on any atom is 0.336 e. The van der Waals surface area contributed by atoms with Crippen LogP contribution in [0.2, 0.25) is 0 Å². The molecule has 0 radical (unpaired) electrons. The van der Waals surface area contributed by atoms with Crippen molar-refractivity contribution in [3.63, 3.8) is 0 Å². The van der Waals surface area contributed by atoms with Gasteiger partial charge in [-0.05, 0) is 20.3 Å². The van der Waals surface area contributed by atoms with Crippen LogP contribution in [-0.2, 0) is 14.3 Å². The monoisotopic (exact) mass is 313 g/mol. The van der Waals surface area contributed by atoms with E-state index < -0.39 is 0 Å². The summed E-state index contributed by atoms with van der Waals surface area (Å²) in [6.45, 7) is 3.95. The Kier molecular flexibility index (Phi) is 4.28. The van der Waals surface area contributed by atoms with E-state index >= 15 is 0 Å². The second-order valence-corrected chi connectivity index (χ2v) is 5.82. The van der Waals surface area contributed by atoms with Gasteiger partial charge in [0.1, 0.15) is 5.78 Å². The van der Waals surface area contributed by atoms with Crippen molar-refractivity contribution in [2.45, 2.75) is 32.6 Å². The molecule has 0 bridgehead atoms. The fourth-order valence-corrected chi connectivity index (χ4v) is 3.43. The number of ether oxygens (including phenoxy) is 1. The first-order valence-electron chi connectivity index (χ1n) is 7.97. The first kappa shape index (κ1) is 15.5. The lowest BCUT2D eigenvalue weighted by atomic mass is 9.72. The number of ketones is 1. The second-order valence-electron chi connectivity index (χ2n) is 5.82. The number of hydrogen-bond acceptors (Lipinski definition) is 4. The van der Waals surface area contributed by atoms with Crippen LogP contribution in [0.25, 0.3) is 0 Å². The first-order chi connectivity index (χ1) is 11.1. The summed E-state index contributed by atoms with van der Waals surface area (Å²) in [5, 5.41) is 3.24. The van der Waals surface area contributed by atoms with Crippen LogP contribution in [0.4, 0.5) is 0 Å². The molecular formula is C18H21N2O3+. The Morgan fingerprint density at radius 1 is 1.39 bits per heavy atom. The van der Waals surface area contributed by atoms with Gasteiger partial charge in [-0.1, -0.05) is 12.1 Å². The van der Waals surface area contributed by atoms with Crippen molar-refractivity contribution in [3.8, 4) is 0 Å². The second kappa shape index (κ2) is 6.36. The molecule has 23 heavy (non-hydrogen) atoms. The van der Waals surface area contributed by atoms with Gasteiger partial charge in [-0.25, -0.2) is 9.78 Å². The van der Waals surface area contributed by atoms with Crippen molar-refractivity contribution >= 4 is 11.8 Å². The standard InChI is InChI=1S/C18H20N2O3/c1-3-23-18(22)15-11(2)20-13-8-6-9-14(21)16(13)17(15)12-7-4-5-10-19-12/h4-5,7-8,10,16-17,20H,3,6,9H2,1-2H3/p+1. The number of aromatic nitrogens is 1. The smallest absolute Gasteiger partial charge is 0.336 e. The van der Waals surface area contributed by atoms with Crippen molar-refractivity contribution in [1.29, 1.82) is 0 Å². The Balaban J connectivity index is 2.14. The quantitative estimate of drug-likeness (QED) is 0.865. The van der Waals surface area contributed by atoms with Crippen LogP contribution >= 0.6 is 0 Å². The number of nitrogens with one attached hydrogen (secondary N) is 2. The lowest BCUT2D eigenvalue weighted by Crippen LogP contribution is -2.42. The zero-order valence-electron chi connectivity index (χ0n) is 13.4. The summed E-state index contributed by atoms with van der Waals surface area (Å²) in [5.41, 5.74) is 3.03. The third-order valence-electron chi connectivity index (χ3n) is 4.38. The molecule has 1 aliphatic carbocycles. The summed E-state index contributed by atoms with van der Waals surface area (Å²) in [6.07, 6.45) is 5.12. The Morgan fingerprint density at radius 3 is 2.91 bits per heavy atom. The zero-order valence-corrected chi connectivity index (χ0v) is 13.4. The van der Waals surface area contributed by atoms with Gasteiger partial charge in [-0.3, -0.25) is 4.79 Å². The normalized spacial score (nSPS) is 23.7. The van der Waals surface area contributed by atoms with Gasteiger partial charge in [0.25, 0.3) is 0 Å². The highest BCUT2D eigenvalue weighted by Crippen LogP contribution is 2.42. The van der Waals surface area contributed by atoms with E-state index in [1.807, 2.05) is 31.3 Å². The van der Waals surface area contributed by atoms with Crippen molar-refractivity contribution in [2.75, 3.05) is 6.61 Å². The molecule has 3 rings (SSSR count). The van der Waals surface area contributed by atoms with Crippen LogP contribution in [-0.4, -0.2) is 18.4 Å². The van der Waals surface area contributed by atoms with E-state index in [1.54, 1.807) is 6.92 Å².